The number of benzene rings is 1. The fourth-order valence-corrected chi connectivity index (χ4v) is 2.55. The smallest absolute Gasteiger partial charge is 0.248 e. The molecular formula is C11H14O4S. The van der Waals surface area contributed by atoms with Gasteiger partial charge in [0, 0.05) is 6.92 Å². The molecule has 0 spiro atoms. The number of aryl methyl sites for hydroxylation is 2. The fourth-order valence-electron chi connectivity index (χ4n) is 1.43. The lowest BCUT2D eigenvalue weighted by Crippen LogP contribution is -2.12. The van der Waals surface area contributed by atoms with Crippen molar-refractivity contribution >= 4 is 15.0 Å². The van der Waals surface area contributed by atoms with Crippen molar-refractivity contribution in [3.05, 3.63) is 23.3 Å². The van der Waals surface area contributed by atoms with E-state index in [0.29, 0.717) is 16.9 Å². The lowest BCUT2D eigenvalue weighted by atomic mass is 10.1. The van der Waals surface area contributed by atoms with E-state index < -0.39 is 15.0 Å². The van der Waals surface area contributed by atoms with Crippen LogP contribution in [0, 0.1) is 13.8 Å². The molecule has 0 aliphatic heterocycles. The highest BCUT2D eigenvalue weighted by atomic mass is 32.2. The first-order valence-electron chi connectivity index (χ1n) is 4.71. The van der Waals surface area contributed by atoms with Crippen LogP contribution in [0.5, 0.6) is 5.75 Å². The van der Waals surface area contributed by atoms with Gasteiger partial charge in [-0.25, -0.2) is 8.42 Å². The minimum Gasteiger partial charge on any atom is -0.496 e. The Bertz CT molecular complexity index is 529. The molecule has 4 nitrogen and oxygen atoms in total. The van der Waals surface area contributed by atoms with E-state index in [0.717, 1.165) is 6.92 Å². The second kappa shape index (κ2) is 4.25. The average molecular weight is 242 g/mol. The standard InChI is InChI=1S/C11H14O4S/c1-7-6-11(16(13,14)9(3)12)8(2)5-10(7)15-4/h5-6H,1-4H3. The summed E-state index contributed by atoms with van der Waals surface area (Å²) in [7, 11) is -2.33. The zero-order chi connectivity index (χ0) is 12.5. The van der Waals surface area contributed by atoms with Gasteiger partial charge in [-0.05, 0) is 37.1 Å². The average Bonchev–Trinajstić information content (AvgIpc) is 2.20. The van der Waals surface area contributed by atoms with Crippen molar-refractivity contribution < 1.29 is 17.9 Å². The molecule has 0 amide bonds. The molecule has 88 valence electrons. The van der Waals surface area contributed by atoms with Crippen molar-refractivity contribution in [1.29, 1.82) is 0 Å². The molecule has 0 fully saturated rings. The molecule has 16 heavy (non-hydrogen) atoms. The summed E-state index contributed by atoms with van der Waals surface area (Å²) in [6.45, 7) is 4.42. The van der Waals surface area contributed by atoms with Gasteiger partial charge in [-0.2, -0.15) is 0 Å². The summed E-state index contributed by atoms with van der Waals surface area (Å²) in [5.74, 6) is 0.611. The molecular weight excluding hydrogens is 228 g/mol. The quantitative estimate of drug-likeness (QED) is 0.791. The Kier molecular flexibility index (Phi) is 3.38. The van der Waals surface area contributed by atoms with Crippen LogP contribution in [0.1, 0.15) is 18.1 Å². The Morgan fingerprint density at radius 1 is 1.19 bits per heavy atom. The Hall–Kier alpha value is -1.36. The molecule has 1 aromatic rings. The molecule has 0 N–H and O–H groups in total. The summed E-state index contributed by atoms with van der Waals surface area (Å²) in [5.41, 5.74) is 1.20. The number of hydrogen-bond donors (Lipinski definition) is 0. The summed E-state index contributed by atoms with van der Waals surface area (Å²) >= 11 is 0. The van der Waals surface area contributed by atoms with Crippen LogP contribution in [-0.4, -0.2) is 20.6 Å². The largest absolute Gasteiger partial charge is 0.496 e. The molecule has 0 atom stereocenters. The first kappa shape index (κ1) is 12.7. The molecule has 0 aliphatic rings. The van der Waals surface area contributed by atoms with E-state index in [4.69, 9.17) is 4.74 Å². The maximum absolute atomic E-state index is 11.7. The molecule has 0 aliphatic carbocycles. The van der Waals surface area contributed by atoms with E-state index in [1.807, 2.05) is 0 Å². The van der Waals surface area contributed by atoms with Crippen molar-refractivity contribution in [2.75, 3.05) is 7.11 Å². The molecule has 0 unspecified atom stereocenters. The van der Waals surface area contributed by atoms with Gasteiger partial charge in [0.25, 0.3) is 0 Å². The van der Waals surface area contributed by atoms with Gasteiger partial charge in [0.2, 0.25) is 15.0 Å². The number of sulfone groups is 1. The van der Waals surface area contributed by atoms with Crippen LogP contribution in [0.25, 0.3) is 0 Å². The molecule has 0 saturated heterocycles. The normalized spacial score (nSPS) is 11.2. The van der Waals surface area contributed by atoms with Crippen LogP contribution in [-0.2, 0) is 14.6 Å². The third kappa shape index (κ3) is 2.09. The number of carbonyl (C=O) groups is 1. The van der Waals surface area contributed by atoms with E-state index in [1.54, 1.807) is 19.9 Å². The first-order chi connectivity index (χ1) is 7.30. The number of carbonyl (C=O) groups excluding carboxylic acids is 1. The van der Waals surface area contributed by atoms with Gasteiger partial charge >= 0.3 is 0 Å². The van der Waals surface area contributed by atoms with Gasteiger partial charge in [0.15, 0.2) is 0 Å². The zero-order valence-corrected chi connectivity index (χ0v) is 10.5. The number of methoxy groups -OCH3 is 1. The SMILES string of the molecule is COc1cc(C)c(S(=O)(=O)C(C)=O)cc1C. The highest BCUT2D eigenvalue weighted by molar-refractivity contribution is 8.06. The number of hydrogen-bond acceptors (Lipinski definition) is 4. The van der Waals surface area contributed by atoms with Gasteiger partial charge in [-0.3, -0.25) is 4.79 Å². The molecule has 0 radical (unpaired) electrons. The summed E-state index contributed by atoms with van der Waals surface area (Å²) < 4.78 is 28.5. The number of ether oxygens (including phenoxy) is 1. The van der Waals surface area contributed by atoms with E-state index in [1.165, 1.54) is 13.2 Å². The van der Waals surface area contributed by atoms with Gasteiger partial charge in [-0.1, -0.05) is 0 Å². The number of rotatable bonds is 2. The third-order valence-electron chi connectivity index (χ3n) is 2.36. The summed E-state index contributed by atoms with van der Waals surface area (Å²) in [5, 5.41) is -0.847. The zero-order valence-electron chi connectivity index (χ0n) is 9.70. The summed E-state index contributed by atoms with van der Waals surface area (Å²) in [4.78, 5) is 11.1. The molecule has 0 bridgehead atoms. The van der Waals surface area contributed by atoms with Crippen LogP contribution in [0.2, 0.25) is 0 Å². The Labute approximate surface area is 95.2 Å². The molecule has 0 saturated carbocycles. The topological polar surface area (TPSA) is 60.4 Å². The summed E-state index contributed by atoms with van der Waals surface area (Å²) in [6, 6.07) is 3.08. The molecule has 1 aromatic carbocycles. The predicted octanol–water partition coefficient (Wildman–Crippen LogP) is 1.63. The van der Waals surface area contributed by atoms with Crippen molar-refractivity contribution in [2.45, 2.75) is 25.7 Å². The second-order valence-corrected chi connectivity index (χ2v) is 5.60. The molecule has 5 heteroatoms. The Morgan fingerprint density at radius 3 is 2.19 bits per heavy atom. The van der Waals surface area contributed by atoms with Crippen molar-refractivity contribution in [3.63, 3.8) is 0 Å². The maximum atomic E-state index is 11.7. The minimum absolute atomic E-state index is 0.0540. The van der Waals surface area contributed by atoms with Gasteiger partial charge in [0.05, 0.1) is 12.0 Å². The van der Waals surface area contributed by atoms with E-state index in [-0.39, 0.29) is 4.90 Å². The molecule has 0 heterocycles. The highest BCUT2D eigenvalue weighted by Gasteiger charge is 2.23. The van der Waals surface area contributed by atoms with Crippen molar-refractivity contribution in [1.82, 2.24) is 0 Å². The van der Waals surface area contributed by atoms with E-state index in [9.17, 15) is 13.2 Å². The Balaban J connectivity index is 3.49. The van der Waals surface area contributed by atoms with Gasteiger partial charge in [0.1, 0.15) is 5.75 Å². The van der Waals surface area contributed by atoms with Crippen LogP contribution in [0.15, 0.2) is 17.0 Å². The van der Waals surface area contributed by atoms with Gasteiger partial charge < -0.3 is 4.74 Å². The van der Waals surface area contributed by atoms with E-state index in [2.05, 4.69) is 0 Å². The van der Waals surface area contributed by atoms with Crippen molar-refractivity contribution in [2.24, 2.45) is 0 Å². The van der Waals surface area contributed by atoms with Crippen LogP contribution >= 0.6 is 0 Å². The monoisotopic (exact) mass is 242 g/mol. The maximum Gasteiger partial charge on any atom is 0.248 e. The second-order valence-electron chi connectivity index (χ2n) is 3.58. The van der Waals surface area contributed by atoms with E-state index >= 15 is 0 Å². The molecule has 0 aromatic heterocycles. The van der Waals surface area contributed by atoms with Crippen LogP contribution < -0.4 is 4.74 Å². The van der Waals surface area contributed by atoms with Crippen LogP contribution in [0.3, 0.4) is 0 Å². The Morgan fingerprint density at radius 2 is 1.75 bits per heavy atom. The highest BCUT2D eigenvalue weighted by Crippen LogP contribution is 2.26. The lowest BCUT2D eigenvalue weighted by Gasteiger charge is -2.10. The fraction of sp³-hybridized carbons (Fsp3) is 0.364. The first-order valence-corrected chi connectivity index (χ1v) is 6.20. The third-order valence-corrected chi connectivity index (χ3v) is 4.14. The lowest BCUT2D eigenvalue weighted by molar-refractivity contribution is -0.109. The van der Waals surface area contributed by atoms with Crippen molar-refractivity contribution in [3.8, 4) is 5.75 Å². The summed E-state index contributed by atoms with van der Waals surface area (Å²) in [6.07, 6.45) is 0. The minimum atomic E-state index is -3.85. The molecule has 1 rings (SSSR count). The van der Waals surface area contributed by atoms with Gasteiger partial charge in [-0.15, -0.1) is 0 Å². The van der Waals surface area contributed by atoms with Crippen LogP contribution in [0.4, 0.5) is 0 Å². The predicted molar refractivity (Wildman–Crippen MR) is 60.3 cm³/mol.